The van der Waals surface area contributed by atoms with E-state index in [0.717, 1.165) is 77.1 Å². The summed E-state index contributed by atoms with van der Waals surface area (Å²) >= 11 is 0. The van der Waals surface area contributed by atoms with E-state index < -0.39 is 0 Å². The second-order valence-electron chi connectivity index (χ2n) is 12.2. The van der Waals surface area contributed by atoms with Crippen molar-refractivity contribution < 1.29 is 0 Å². The maximum absolute atomic E-state index is 5.20. The van der Waals surface area contributed by atoms with Gasteiger partial charge in [-0.3, -0.25) is 15.0 Å². The second-order valence-corrected chi connectivity index (χ2v) is 12.2. The molecule has 0 N–H and O–H groups in total. The predicted molar refractivity (Wildman–Crippen MR) is 199 cm³/mol. The fourth-order valence-corrected chi connectivity index (χ4v) is 7.39. The fraction of sp³-hybridized carbons (Fsp3) is 0. The van der Waals surface area contributed by atoms with Gasteiger partial charge in [0, 0.05) is 62.0 Å². The van der Waals surface area contributed by atoms with Crippen LogP contribution in [0.4, 0.5) is 0 Å². The van der Waals surface area contributed by atoms with Gasteiger partial charge in [-0.15, -0.1) is 0 Å². The van der Waals surface area contributed by atoms with Crippen molar-refractivity contribution in [1.82, 2.24) is 19.9 Å². The van der Waals surface area contributed by atoms with Crippen LogP contribution < -0.4 is 0 Å². The molecular weight excluding hydrogens is 585 g/mol. The van der Waals surface area contributed by atoms with Gasteiger partial charge in [0.2, 0.25) is 0 Å². The van der Waals surface area contributed by atoms with E-state index in [4.69, 9.17) is 15.0 Å². The third kappa shape index (κ3) is 4.03. The van der Waals surface area contributed by atoms with Crippen LogP contribution in [0.25, 0.3) is 98.7 Å². The summed E-state index contributed by atoms with van der Waals surface area (Å²) in [6.45, 7) is 0. The van der Waals surface area contributed by atoms with Gasteiger partial charge < -0.3 is 0 Å². The van der Waals surface area contributed by atoms with Crippen molar-refractivity contribution in [2.24, 2.45) is 0 Å². The predicted octanol–water partition coefficient (Wildman–Crippen LogP) is 11.2. The van der Waals surface area contributed by atoms with Crippen LogP contribution in [-0.2, 0) is 0 Å². The lowest BCUT2D eigenvalue weighted by Gasteiger charge is -2.15. The Hall–Kier alpha value is -6.52. The van der Waals surface area contributed by atoms with Crippen molar-refractivity contribution in [3.63, 3.8) is 0 Å². The third-order valence-electron chi connectivity index (χ3n) is 9.58. The van der Waals surface area contributed by atoms with Crippen molar-refractivity contribution in [1.29, 1.82) is 0 Å². The lowest BCUT2D eigenvalue weighted by Crippen LogP contribution is -1.92. The van der Waals surface area contributed by atoms with Gasteiger partial charge in [0.15, 0.2) is 0 Å². The monoisotopic (exact) mass is 610 g/mol. The first-order valence-corrected chi connectivity index (χ1v) is 16.1. The van der Waals surface area contributed by atoms with Gasteiger partial charge in [-0.1, -0.05) is 109 Å². The largest absolute Gasteiger partial charge is 0.256 e. The van der Waals surface area contributed by atoms with Gasteiger partial charge in [-0.2, -0.15) is 0 Å². The summed E-state index contributed by atoms with van der Waals surface area (Å²) in [4.78, 5) is 19.5. The topological polar surface area (TPSA) is 51.6 Å². The number of fused-ring (bicyclic) bond motifs is 9. The van der Waals surface area contributed by atoms with E-state index >= 15 is 0 Å². The smallest absolute Gasteiger partial charge is 0.0970 e. The van der Waals surface area contributed by atoms with Gasteiger partial charge in [0.25, 0.3) is 0 Å². The molecule has 222 valence electrons. The third-order valence-corrected chi connectivity index (χ3v) is 9.58. The van der Waals surface area contributed by atoms with Crippen LogP contribution in [0, 0.1) is 0 Å². The molecule has 4 nitrogen and oxygen atoms in total. The van der Waals surface area contributed by atoms with Crippen molar-refractivity contribution in [2.75, 3.05) is 0 Å². The molecule has 6 aromatic carbocycles. The molecule has 0 aliphatic heterocycles. The van der Waals surface area contributed by atoms with Crippen molar-refractivity contribution in [3.05, 3.63) is 158 Å². The van der Waals surface area contributed by atoms with Gasteiger partial charge >= 0.3 is 0 Å². The number of aromatic nitrogens is 4. The Morgan fingerprint density at radius 2 is 0.979 bits per heavy atom. The molecule has 0 aliphatic carbocycles. The number of benzene rings is 6. The quantitative estimate of drug-likeness (QED) is 0.187. The highest BCUT2D eigenvalue weighted by Gasteiger charge is 2.17. The number of hydrogen-bond acceptors (Lipinski definition) is 4. The zero-order chi connectivity index (χ0) is 31.6. The normalized spacial score (nSPS) is 11.8. The van der Waals surface area contributed by atoms with E-state index in [0.29, 0.717) is 0 Å². The van der Waals surface area contributed by atoms with Crippen LogP contribution in [-0.4, -0.2) is 19.9 Å². The average molecular weight is 611 g/mol. The Morgan fingerprint density at radius 3 is 1.83 bits per heavy atom. The summed E-state index contributed by atoms with van der Waals surface area (Å²) in [5.74, 6) is 0. The molecule has 0 aliphatic rings. The molecule has 0 fully saturated rings. The molecule has 4 aromatic heterocycles. The molecule has 0 bridgehead atoms. The van der Waals surface area contributed by atoms with E-state index in [9.17, 15) is 0 Å². The average Bonchev–Trinajstić information content (AvgIpc) is 3.17. The summed E-state index contributed by atoms with van der Waals surface area (Å²) < 4.78 is 0. The van der Waals surface area contributed by atoms with E-state index in [-0.39, 0.29) is 0 Å². The zero-order valence-corrected chi connectivity index (χ0v) is 25.8. The van der Waals surface area contributed by atoms with Crippen molar-refractivity contribution >= 4 is 65.2 Å². The van der Waals surface area contributed by atoms with Crippen molar-refractivity contribution in [2.45, 2.75) is 0 Å². The molecule has 10 aromatic rings. The van der Waals surface area contributed by atoms with Gasteiger partial charge in [0.1, 0.15) is 0 Å². The molecule has 0 radical (unpaired) electrons. The van der Waals surface area contributed by atoms with E-state index in [1.165, 1.54) is 21.5 Å². The zero-order valence-electron chi connectivity index (χ0n) is 25.8. The van der Waals surface area contributed by atoms with Crippen LogP contribution in [0.5, 0.6) is 0 Å². The molecule has 48 heavy (non-hydrogen) atoms. The number of hydrogen-bond donors (Lipinski definition) is 0. The van der Waals surface area contributed by atoms with Crippen LogP contribution >= 0.6 is 0 Å². The highest BCUT2D eigenvalue weighted by Crippen LogP contribution is 2.41. The van der Waals surface area contributed by atoms with E-state index in [1.54, 1.807) is 0 Å². The highest BCUT2D eigenvalue weighted by atomic mass is 14.7. The molecule has 0 saturated heterocycles. The maximum Gasteiger partial charge on any atom is 0.0970 e. The SMILES string of the molecule is c1ccc2c(c1)ccc1c(-c3ccc(-c4ccc(-c5cc6cccnc6c6ncccc56)c5cccnc45)cc3)nc3ccccc3c12. The first-order chi connectivity index (χ1) is 23.8. The van der Waals surface area contributed by atoms with Crippen LogP contribution in [0.15, 0.2) is 158 Å². The fourth-order valence-electron chi connectivity index (χ4n) is 7.39. The molecule has 10 rings (SSSR count). The molecule has 0 atom stereocenters. The molecule has 0 unspecified atom stereocenters. The lowest BCUT2D eigenvalue weighted by atomic mass is 9.91. The Bertz CT molecular complexity index is 2880. The minimum absolute atomic E-state index is 0.908. The lowest BCUT2D eigenvalue weighted by molar-refractivity contribution is 1.37. The van der Waals surface area contributed by atoms with Crippen LogP contribution in [0.2, 0.25) is 0 Å². The first-order valence-electron chi connectivity index (χ1n) is 16.1. The summed E-state index contributed by atoms with van der Waals surface area (Å²) in [5.41, 5.74) is 10.3. The van der Waals surface area contributed by atoms with E-state index in [2.05, 4.69) is 126 Å². The molecule has 0 saturated carbocycles. The van der Waals surface area contributed by atoms with Crippen molar-refractivity contribution in [3.8, 4) is 33.5 Å². The molecule has 4 heterocycles. The Labute approximate surface area is 276 Å². The Balaban J connectivity index is 1.13. The molecule has 0 spiro atoms. The van der Waals surface area contributed by atoms with E-state index in [1.807, 2.05) is 36.8 Å². The maximum atomic E-state index is 5.20. The van der Waals surface area contributed by atoms with Gasteiger partial charge in [-0.05, 0) is 57.8 Å². The minimum atomic E-state index is 0.908. The number of para-hydroxylation sites is 1. The number of rotatable bonds is 3. The standard InChI is InChI=1S/C44H26N4/c1-2-10-31-27(8-1)19-20-37-40(31)36-11-3-4-14-39(36)48-41(37)29-17-15-28(16-18-29)32-21-22-33(34-12-6-24-46-43(32)34)38-26-30-9-5-23-45-42(30)44-35(38)13-7-25-47-44/h1-26H. The molecular formula is C44H26N4. The molecule has 4 heteroatoms. The summed E-state index contributed by atoms with van der Waals surface area (Å²) in [7, 11) is 0. The van der Waals surface area contributed by atoms with Gasteiger partial charge in [0.05, 0.1) is 27.8 Å². The van der Waals surface area contributed by atoms with Crippen LogP contribution in [0.3, 0.4) is 0 Å². The summed E-state index contributed by atoms with van der Waals surface area (Å²) in [6, 6.07) is 49.3. The second kappa shape index (κ2) is 10.5. The highest BCUT2D eigenvalue weighted by molar-refractivity contribution is 6.22. The first kappa shape index (κ1) is 26.7. The number of pyridine rings is 4. The number of nitrogens with zero attached hydrogens (tertiary/aromatic N) is 4. The Kier molecular flexibility index (Phi) is 5.84. The van der Waals surface area contributed by atoms with Crippen LogP contribution in [0.1, 0.15) is 0 Å². The minimum Gasteiger partial charge on any atom is -0.256 e. The van der Waals surface area contributed by atoms with Gasteiger partial charge in [-0.25, -0.2) is 4.98 Å². The molecule has 0 amide bonds. The Morgan fingerprint density at radius 1 is 0.354 bits per heavy atom. The summed E-state index contributed by atoms with van der Waals surface area (Å²) in [5, 5.41) is 9.30. The summed E-state index contributed by atoms with van der Waals surface area (Å²) in [6.07, 6.45) is 5.55.